The molecular formula is C15H21NO3. The highest BCUT2D eigenvalue weighted by atomic mass is 16.4. The van der Waals surface area contributed by atoms with E-state index in [4.69, 9.17) is 0 Å². The fourth-order valence-electron chi connectivity index (χ4n) is 1.81. The number of carbonyl (C=O) groups excluding carboxylic acids is 1. The summed E-state index contributed by atoms with van der Waals surface area (Å²) >= 11 is 0. The molecule has 1 atom stereocenters. The molecule has 0 aliphatic heterocycles. The van der Waals surface area contributed by atoms with Crippen molar-refractivity contribution < 1.29 is 14.7 Å². The molecular weight excluding hydrogens is 242 g/mol. The van der Waals surface area contributed by atoms with E-state index in [0.29, 0.717) is 12.8 Å². The van der Waals surface area contributed by atoms with Crippen molar-refractivity contribution >= 4 is 11.9 Å². The Morgan fingerprint density at radius 1 is 1.26 bits per heavy atom. The minimum Gasteiger partial charge on any atom is -0.481 e. The van der Waals surface area contributed by atoms with E-state index < -0.39 is 11.9 Å². The van der Waals surface area contributed by atoms with Crippen LogP contribution in [0.15, 0.2) is 30.3 Å². The minimum absolute atomic E-state index is 0.0684. The first-order chi connectivity index (χ1) is 9.13. The number of amides is 1. The molecule has 0 fully saturated rings. The van der Waals surface area contributed by atoms with Gasteiger partial charge in [-0.25, -0.2) is 0 Å². The normalized spacial score (nSPS) is 11.8. The van der Waals surface area contributed by atoms with Gasteiger partial charge in [0.2, 0.25) is 5.91 Å². The van der Waals surface area contributed by atoms with Gasteiger partial charge in [0.15, 0.2) is 0 Å². The van der Waals surface area contributed by atoms with Gasteiger partial charge in [-0.1, -0.05) is 43.7 Å². The van der Waals surface area contributed by atoms with Crippen LogP contribution in [0, 0.1) is 5.92 Å². The molecule has 1 aromatic carbocycles. The second-order valence-corrected chi connectivity index (χ2v) is 4.63. The van der Waals surface area contributed by atoms with E-state index in [9.17, 15) is 14.7 Å². The highest BCUT2D eigenvalue weighted by molar-refractivity contribution is 5.77. The zero-order valence-corrected chi connectivity index (χ0v) is 11.3. The molecule has 0 heterocycles. The van der Waals surface area contributed by atoms with Gasteiger partial charge in [-0.3, -0.25) is 9.59 Å². The van der Waals surface area contributed by atoms with Crippen LogP contribution in [0.5, 0.6) is 0 Å². The Labute approximate surface area is 113 Å². The van der Waals surface area contributed by atoms with Gasteiger partial charge in [-0.15, -0.1) is 0 Å². The maximum Gasteiger partial charge on any atom is 0.308 e. The Kier molecular flexibility index (Phi) is 6.64. The maximum absolute atomic E-state index is 11.5. The number of hydrogen-bond donors (Lipinski definition) is 2. The lowest BCUT2D eigenvalue weighted by Crippen LogP contribution is -2.33. The number of carboxylic acid groups (broad SMARTS) is 1. The summed E-state index contributed by atoms with van der Waals surface area (Å²) in [4.78, 5) is 22.7. The summed E-state index contributed by atoms with van der Waals surface area (Å²) in [5.41, 5.74) is 0.970. The molecule has 1 amide bonds. The number of carbonyl (C=O) groups is 2. The minimum atomic E-state index is -0.875. The maximum atomic E-state index is 11.5. The van der Waals surface area contributed by atoms with Crippen molar-refractivity contribution in [3.63, 3.8) is 0 Å². The number of benzene rings is 1. The lowest BCUT2D eigenvalue weighted by molar-refractivity contribution is -0.141. The van der Waals surface area contributed by atoms with Crippen LogP contribution in [-0.4, -0.2) is 23.5 Å². The molecule has 0 radical (unpaired) electrons. The molecule has 0 saturated heterocycles. The third-order valence-electron chi connectivity index (χ3n) is 2.98. The number of nitrogens with one attached hydrogen (secondary N) is 1. The molecule has 1 unspecified atom stereocenters. The van der Waals surface area contributed by atoms with Gasteiger partial charge >= 0.3 is 5.97 Å². The molecule has 0 aliphatic carbocycles. The average Bonchev–Trinajstić information content (AvgIpc) is 2.41. The van der Waals surface area contributed by atoms with Crippen LogP contribution in [0.2, 0.25) is 0 Å². The zero-order valence-electron chi connectivity index (χ0n) is 11.3. The molecule has 0 spiro atoms. The monoisotopic (exact) mass is 263 g/mol. The summed E-state index contributed by atoms with van der Waals surface area (Å²) < 4.78 is 0. The van der Waals surface area contributed by atoms with E-state index >= 15 is 0 Å². The van der Waals surface area contributed by atoms with Crippen molar-refractivity contribution in [2.45, 2.75) is 32.6 Å². The molecule has 19 heavy (non-hydrogen) atoms. The first-order valence-electron chi connectivity index (χ1n) is 6.67. The van der Waals surface area contributed by atoms with Crippen LogP contribution in [0.1, 0.15) is 31.7 Å². The SMILES string of the molecule is CCCCC(=O)NCC(Cc1ccccc1)C(=O)O. The molecule has 4 nitrogen and oxygen atoms in total. The van der Waals surface area contributed by atoms with Crippen molar-refractivity contribution in [1.29, 1.82) is 0 Å². The smallest absolute Gasteiger partial charge is 0.308 e. The molecule has 4 heteroatoms. The van der Waals surface area contributed by atoms with Gasteiger partial charge in [0.25, 0.3) is 0 Å². The van der Waals surface area contributed by atoms with Crippen molar-refractivity contribution in [1.82, 2.24) is 5.32 Å². The summed E-state index contributed by atoms with van der Waals surface area (Å²) in [7, 11) is 0. The van der Waals surface area contributed by atoms with E-state index in [2.05, 4.69) is 5.32 Å². The predicted molar refractivity (Wildman–Crippen MR) is 73.8 cm³/mol. The quantitative estimate of drug-likeness (QED) is 0.756. The summed E-state index contributed by atoms with van der Waals surface area (Å²) in [5.74, 6) is -1.52. The summed E-state index contributed by atoms with van der Waals surface area (Å²) in [6.45, 7) is 2.20. The highest BCUT2D eigenvalue weighted by Crippen LogP contribution is 2.08. The highest BCUT2D eigenvalue weighted by Gasteiger charge is 2.18. The number of hydrogen-bond acceptors (Lipinski definition) is 2. The van der Waals surface area contributed by atoms with E-state index in [0.717, 1.165) is 18.4 Å². The number of unbranched alkanes of at least 4 members (excludes halogenated alkanes) is 1. The van der Waals surface area contributed by atoms with Gasteiger partial charge in [-0.05, 0) is 18.4 Å². The molecule has 104 valence electrons. The second-order valence-electron chi connectivity index (χ2n) is 4.63. The molecule has 1 rings (SSSR count). The fourth-order valence-corrected chi connectivity index (χ4v) is 1.81. The van der Waals surface area contributed by atoms with Crippen molar-refractivity contribution in [3.05, 3.63) is 35.9 Å². The van der Waals surface area contributed by atoms with Gasteiger partial charge in [0, 0.05) is 13.0 Å². The number of carboxylic acids is 1. The van der Waals surface area contributed by atoms with Gasteiger partial charge in [0.1, 0.15) is 0 Å². The Balaban J connectivity index is 2.45. The molecule has 2 N–H and O–H groups in total. The predicted octanol–water partition coefficient (Wildman–Crippen LogP) is 2.24. The number of rotatable bonds is 8. The average molecular weight is 263 g/mol. The topological polar surface area (TPSA) is 66.4 Å². The molecule has 0 bridgehead atoms. The van der Waals surface area contributed by atoms with Crippen LogP contribution >= 0.6 is 0 Å². The van der Waals surface area contributed by atoms with E-state index in [1.54, 1.807) is 0 Å². The Morgan fingerprint density at radius 3 is 2.53 bits per heavy atom. The van der Waals surface area contributed by atoms with Crippen LogP contribution in [0.25, 0.3) is 0 Å². The largest absolute Gasteiger partial charge is 0.481 e. The third kappa shape index (κ3) is 6.04. The van der Waals surface area contributed by atoms with Gasteiger partial charge < -0.3 is 10.4 Å². The van der Waals surface area contributed by atoms with Gasteiger partial charge in [-0.2, -0.15) is 0 Å². The standard InChI is InChI=1S/C15H21NO3/c1-2-3-9-14(17)16-11-13(15(18)19)10-12-7-5-4-6-8-12/h4-8,13H,2-3,9-11H2,1H3,(H,16,17)(H,18,19). The van der Waals surface area contributed by atoms with Crippen LogP contribution in [0.4, 0.5) is 0 Å². The summed E-state index contributed by atoms with van der Waals surface area (Å²) in [6, 6.07) is 9.46. The summed E-state index contributed by atoms with van der Waals surface area (Å²) in [5, 5.41) is 11.9. The van der Waals surface area contributed by atoms with Crippen molar-refractivity contribution in [3.8, 4) is 0 Å². The Morgan fingerprint density at radius 2 is 1.95 bits per heavy atom. The molecule has 0 saturated carbocycles. The number of aliphatic carboxylic acids is 1. The van der Waals surface area contributed by atoms with E-state index in [-0.39, 0.29) is 12.5 Å². The van der Waals surface area contributed by atoms with E-state index in [1.807, 2.05) is 37.3 Å². The Bertz CT molecular complexity index is 403. The van der Waals surface area contributed by atoms with Crippen LogP contribution < -0.4 is 5.32 Å². The van der Waals surface area contributed by atoms with Crippen LogP contribution in [0.3, 0.4) is 0 Å². The van der Waals surface area contributed by atoms with Crippen molar-refractivity contribution in [2.75, 3.05) is 6.54 Å². The molecule has 0 aliphatic rings. The molecule has 1 aromatic rings. The fraction of sp³-hybridized carbons (Fsp3) is 0.467. The first kappa shape index (κ1) is 15.2. The van der Waals surface area contributed by atoms with Crippen molar-refractivity contribution in [2.24, 2.45) is 5.92 Å². The second kappa shape index (κ2) is 8.29. The third-order valence-corrected chi connectivity index (χ3v) is 2.98. The van der Waals surface area contributed by atoms with Crippen LogP contribution in [-0.2, 0) is 16.0 Å². The zero-order chi connectivity index (χ0) is 14.1. The lowest BCUT2D eigenvalue weighted by atomic mass is 9.99. The summed E-state index contributed by atoms with van der Waals surface area (Å²) in [6.07, 6.45) is 2.69. The lowest BCUT2D eigenvalue weighted by Gasteiger charge is -2.13. The first-order valence-corrected chi connectivity index (χ1v) is 6.67. The Hall–Kier alpha value is -1.84. The van der Waals surface area contributed by atoms with E-state index in [1.165, 1.54) is 0 Å². The molecule has 0 aromatic heterocycles. The van der Waals surface area contributed by atoms with Gasteiger partial charge in [0.05, 0.1) is 5.92 Å².